The summed E-state index contributed by atoms with van der Waals surface area (Å²) in [6.45, 7) is 5.32. The zero-order valence-corrected chi connectivity index (χ0v) is 13.1. The molecule has 0 aliphatic heterocycles. The molecule has 0 spiro atoms. The van der Waals surface area contributed by atoms with Crippen LogP contribution in [0.5, 0.6) is 0 Å². The van der Waals surface area contributed by atoms with Gasteiger partial charge in [0.25, 0.3) is 5.91 Å². The van der Waals surface area contributed by atoms with Gasteiger partial charge in [0, 0.05) is 47.8 Å². The van der Waals surface area contributed by atoms with Crippen molar-refractivity contribution in [1.82, 2.24) is 10.3 Å². The smallest absolute Gasteiger partial charge is 0.254 e. The van der Waals surface area contributed by atoms with Gasteiger partial charge in [0.15, 0.2) is 0 Å². The highest BCUT2D eigenvalue weighted by Crippen LogP contribution is 2.13. The van der Waals surface area contributed by atoms with E-state index < -0.39 is 10.8 Å². The van der Waals surface area contributed by atoms with Crippen molar-refractivity contribution in [3.8, 4) is 0 Å². The first-order valence-corrected chi connectivity index (χ1v) is 8.46. The zero-order chi connectivity index (χ0) is 15.0. The Bertz CT molecular complexity index is 465. The predicted octanol–water partition coefficient (Wildman–Crippen LogP) is 1.79. The maximum absolute atomic E-state index is 12.1. The third-order valence-electron chi connectivity index (χ3n) is 3.03. The van der Waals surface area contributed by atoms with E-state index in [4.69, 9.17) is 0 Å². The number of nitrogens with one attached hydrogen (secondary N) is 2. The van der Waals surface area contributed by atoms with Crippen molar-refractivity contribution in [3.63, 3.8) is 0 Å². The van der Waals surface area contributed by atoms with Crippen LogP contribution in [0.1, 0.15) is 37.0 Å². The molecule has 1 amide bonds. The summed E-state index contributed by atoms with van der Waals surface area (Å²) in [7, 11) is -0.854. The number of carbonyl (C=O) groups excluding carboxylic acids is 1. The summed E-state index contributed by atoms with van der Waals surface area (Å²) in [5.41, 5.74) is 1.35. The molecule has 1 rings (SSSR count). The topological polar surface area (TPSA) is 71.1 Å². The number of pyridine rings is 1. The highest BCUT2D eigenvalue weighted by atomic mass is 32.2. The first-order valence-electron chi connectivity index (χ1n) is 6.84. The van der Waals surface area contributed by atoms with Gasteiger partial charge in [0.1, 0.15) is 0 Å². The van der Waals surface area contributed by atoms with Crippen LogP contribution in [0.25, 0.3) is 0 Å². The summed E-state index contributed by atoms with van der Waals surface area (Å²) in [6, 6.07) is 1.80. The second kappa shape index (κ2) is 8.68. The van der Waals surface area contributed by atoms with Gasteiger partial charge in [-0.3, -0.25) is 14.0 Å². The zero-order valence-electron chi connectivity index (χ0n) is 12.3. The van der Waals surface area contributed by atoms with Crippen LogP contribution in [0.3, 0.4) is 0 Å². The molecule has 5 nitrogen and oxygen atoms in total. The summed E-state index contributed by atoms with van der Waals surface area (Å²) in [6.07, 6.45) is 6.60. The van der Waals surface area contributed by atoms with E-state index in [0.717, 1.165) is 18.7 Å². The van der Waals surface area contributed by atoms with Gasteiger partial charge in [0.2, 0.25) is 0 Å². The fourth-order valence-electron chi connectivity index (χ4n) is 1.64. The molecule has 0 bridgehead atoms. The minimum atomic E-state index is -0.854. The van der Waals surface area contributed by atoms with E-state index in [1.165, 1.54) is 0 Å². The van der Waals surface area contributed by atoms with E-state index in [1.54, 1.807) is 24.7 Å². The number of rotatable bonds is 8. The lowest BCUT2D eigenvalue weighted by Gasteiger charge is -2.12. The van der Waals surface area contributed by atoms with Crippen molar-refractivity contribution in [2.75, 3.05) is 24.7 Å². The van der Waals surface area contributed by atoms with Crippen molar-refractivity contribution in [2.45, 2.75) is 31.9 Å². The minimum absolute atomic E-state index is 0.0851. The van der Waals surface area contributed by atoms with Crippen molar-refractivity contribution in [1.29, 1.82) is 0 Å². The Hall–Kier alpha value is -1.43. The van der Waals surface area contributed by atoms with E-state index >= 15 is 0 Å². The van der Waals surface area contributed by atoms with Crippen LogP contribution < -0.4 is 10.6 Å². The second-order valence-corrected chi connectivity index (χ2v) is 6.50. The Kier molecular flexibility index (Phi) is 7.22. The largest absolute Gasteiger partial charge is 0.384 e. The van der Waals surface area contributed by atoms with E-state index in [1.807, 2.05) is 6.92 Å². The van der Waals surface area contributed by atoms with E-state index in [0.29, 0.717) is 18.5 Å². The van der Waals surface area contributed by atoms with Crippen LogP contribution in [0, 0.1) is 0 Å². The average Bonchev–Trinajstić information content (AvgIpc) is 2.45. The fourth-order valence-corrected chi connectivity index (χ4v) is 2.09. The van der Waals surface area contributed by atoms with Gasteiger partial charge >= 0.3 is 0 Å². The average molecular weight is 297 g/mol. The molecule has 0 saturated carbocycles. The molecule has 112 valence electrons. The monoisotopic (exact) mass is 297 g/mol. The Morgan fingerprint density at radius 2 is 2.20 bits per heavy atom. The van der Waals surface area contributed by atoms with Crippen LogP contribution in [0.4, 0.5) is 5.69 Å². The number of nitrogens with zero attached hydrogens (tertiary/aromatic N) is 1. The number of carbonyl (C=O) groups is 1. The summed E-state index contributed by atoms with van der Waals surface area (Å²) >= 11 is 0. The maximum Gasteiger partial charge on any atom is 0.254 e. The molecule has 1 heterocycles. The van der Waals surface area contributed by atoms with Crippen LogP contribution >= 0.6 is 0 Å². The van der Waals surface area contributed by atoms with E-state index in [2.05, 4.69) is 22.5 Å². The van der Waals surface area contributed by atoms with Crippen molar-refractivity contribution < 1.29 is 9.00 Å². The SMILES string of the molecule is CCCNc1ccncc1C(=O)NCCC(C)S(C)=O. The summed E-state index contributed by atoms with van der Waals surface area (Å²) in [4.78, 5) is 16.1. The van der Waals surface area contributed by atoms with Crippen molar-refractivity contribution >= 4 is 22.4 Å². The third kappa shape index (κ3) is 5.28. The van der Waals surface area contributed by atoms with Gasteiger partial charge in [-0.1, -0.05) is 13.8 Å². The number of anilines is 1. The second-order valence-electron chi connectivity index (χ2n) is 4.70. The molecule has 6 heteroatoms. The fraction of sp³-hybridized carbons (Fsp3) is 0.571. The maximum atomic E-state index is 12.1. The van der Waals surface area contributed by atoms with Crippen LogP contribution in [0.15, 0.2) is 18.5 Å². The molecular formula is C14H23N3O2S. The lowest BCUT2D eigenvalue weighted by atomic mass is 10.2. The van der Waals surface area contributed by atoms with Crippen molar-refractivity contribution in [3.05, 3.63) is 24.0 Å². The predicted molar refractivity (Wildman–Crippen MR) is 83.5 cm³/mol. The minimum Gasteiger partial charge on any atom is -0.384 e. The summed E-state index contributed by atoms with van der Waals surface area (Å²) < 4.78 is 11.2. The number of hydrogen-bond acceptors (Lipinski definition) is 4. The summed E-state index contributed by atoms with van der Waals surface area (Å²) in [5, 5.41) is 6.15. The van der Waals surface area contributed by atoms with Gasteiger partial charge in [-0.2, -0.15) is 0 Å². The normalized spacial score (nSPS) is 13.6. The summed E-state index contributed by atoms with van der Waals surface area (Å²) in [5.74, 6) is -0.147. The lowest BCUT2D eigenvalue weighted by molar-refractivity contribution is 0.0953. The Balaban J connectivity index is 2.56. The molecule has 0 saturated heterocycles. The van der Waals surface area contributed by atoms with Gasteiger partial charge < -0.3 is 10.6 Å². The van der Waals surface area contributed by atoms with Crippen LogP contribution in [0.2, 0.25) is 0 Å². The molecule has 1 aromatic heterocycles. The lowest BCUT2D eigenvalue weighted by Crippen LogP contribution is -2.28. The molecule has 0 radical (unpaired) electrons. The first-order chi connectivity index (χ1) is 9.56. The quantitative estimate of drug-likeness (QED) is 0.767. The highest BCUT2D eigenvalue weighted by Gasteiger charge is 2.12. The van der Waals surface area contributed by atoms with Crippen LogP contribution in [-0.4, -0.2) is 39.7 Å². The number of amides is 1. The van der Waals surface area contributed by atoms with Gasteiger partial charge in [-0.25, -0.2) is 0 Å². The Morgan fingerprint density at radius 3 is 2.85 bits per heavy atom. The standard InChI is InChI=1S/C14H23N3O2S/c1-4-7-16-13-6-8-15-10-12(13)14(18)17-9-5-11(2)20(3)19/h6,8,10-11H,4-5,7,9H2,1-3H3,(H,15,16)(H,17,18). The molecule has 1 aromatic rings. The Labute approximate surface area is 123 Å². The molecule has 0 fully saturated rings. The third-order valence-corrected chi connectivity index (χ3v) is 4.40. The highest BCUT2D eigenvalue weighted by molar-refractivity contribution is 7.84. The molecule has 0 aliphatic rings. The Morgan fingerprint density at radius 1 is 1.45 bits per heavy atom. The first kappa shape index (κ1) is 16.6. The number of hydrogen-bond donors (Lipinski definition) is 2. The van der Waals surface area contributed by atoms with Crippen LogP contribution in [-0.2, 0) is 10.8 Å². The van der Waals surface area contributed by atoms with Gasteiger partial charge in [0.05, 0.1) is 11.3 Å². The van der Waals surface area contributed by atoms with Gasteiger partial charge in [-0.15, -0.1) is 0 Å². The molecule has 2 atom stereocenters. The molecule has 0 aromatic carbocycles. The van der Waals surface area contributed by atoms with E-state index in [-0.39, 0.29) is 11.2 Å². The van der Waals surface area contributed by atoms with Crippen molar-refractivity contribution in [2.24, 2.45) is 0 Å². The molecule has 2 N–H and O–H groups in total. The molecule has 2 unspecified atom stereocenters. The van der Waals surface area contributed by atoms with Gasteiger partial charge in [-0.05, 0) is 18.9 Å². The molecule has 20 heavy (non-hydrogen) atoms. The molecular weight excluding hydrogens is 274 g/mol. The molecule has 0 aliphatic carbocycles. The number of aromatic nitrogens is 1. The van der Waals surface area contributed by atoms with E-state index in [9.17, 15) is 9.00 Å².